The smallest absolute Gasteiger partial charge is 0.488 e. The predicted molar refractivity (Wildman–Crippen MR) is 42.9 cm³/mol. The number of hydrogen-bond acceptors (Lipinski definition) is 3. The maximum atomic E-state index is 12.2. The lowest BCUT2D eigenvalue weighted by atomic mass is 9.79. The van der Waals surface area contributed by atoms with Gasteiger partial charge in [0, 0.05) is 0 Å². The zero-order valence-electron chi connectivity index (χ0n) is 6.78. The molecule has 14 heavy (non-hydrogen) atoms. The second-order valence-corrected chi connectivity index (χ2v) is 2.65. The lowest BCUT2D eigenvalue weighted by Crippen LogP contribution is -2.30. The van der Waals surface area contributed by atoms with Crippen molar-refractivity contribution in [2.24, 2.45) is 0 Å². The second-order valence-electron chi connectivity index (χ2n) is 2.65. The molecular weight excluding hydrogens is 200 g/mol. The van der Waals surface area contributed by atoms with E-state index in [-0.39, 0.29) is 5.46 Å². The lowest BCUT2D eigenvalue weighted by Gasteiger charge is -2.10. The van der Waals surface area contributed by atoms with E-state index in [0.717, 1.165) is 12.1 Å². The van der Waals surface area contributed by atoms with Gasteiger partial charge in [0.05, 0.1) is 5.56 Å². The average Bonchev–Trinajstić information content (AvgIpc) is 2.02. The highest BCUT2D eigenvalue weighted by Gasteiger charge is 2.34. The van der Waals surface area contributed by atoms with E-state index in [1.165, 1.54) is 0 Å². The Morgan fingerprint density at radius 1 is 1.14 bits per heavy atom. The summed E-state index contributed by atoms with van der Waals surface area (Å²) in [4.78, 5) is 0. The Morgan fingerprint density at radius 3 is 2.14 bits per heavy atom. The van der Waals surface area contributed by atoms with E-state index in [0.29, 0.717) is 6.07 Å². The van der Waals surface area contributed by atoms with E-state index in [4.69, 9.17) is 15.2 Å². The molecule has 1 aromatic carbocycles. The molecule has 0 unspecified atom stereocenters. The van der Waals surface area contributed by atoms with Gasteiger partial charge in [-0.05, 0) is 17.6 Å². The summed E-state index contributed by atoms with van der Waals surface area (Å²) >= 11 is 0. The summed E-state index contributed by atoms with van der Waals surface area (Å²) in [6, 6.07) is 2.24. The molecule has 0 saturated carbocycles. The van der Waals surface area contributed by atoms with Gasteiger partial charge in [-0.2, -0.15) is 13.2 Å². The summed E-state index contributed by atoms with van der Waals surface area (Å²) in [5.74, 6) is -0.943. The minimum Gasteiger partial charge on any atom is -0.507 e. The van der Waals surface area contributed by atoms with Gasteiger partial charge >= 0.3 is 13.3 Å². The van der Waals surface area contributed by atoms with Crippen molar-refractivity contribution in [3.8, 4) is 5.75 Å². The number of aromatic hydroxyl groups is 1. The SMILES string of the molecule is OB(O)c1ccc(O)c(C(F)(F)F)c1. The largest absolute Gasteiger partial charge is 0.507 e. The fourth-order valence-electron chi connectivity index (χ4n) is 0.941. The van der Waals surface area contributed by atoms with Crippen molar-refractivity contribution in [2.45, 2.75) is 6.18 Å². The number of halogens is 3. The number of benzene rings is 1. The fraction of sp³-hybridized carbons (Fsp3) is 0.143. The van der Waals surface area contributed by atoms with Crippen LogP contribution in [0.15, 0.2) is 18.2 Å². The molecule has 76 valence electrons. The van der Waals surface area contributed by atoms with Gasteiger partial charge in [-0.3, -0.25) is 0 Å². The minimum atomic E-state index is -4.71. The Balaban J connectivity index is 3.22. The summed E-state index contributed by atoms with van der Waals surface area (Å²) < 4.78 is 36.5. The number of alkyl halides is 3. The van der Waals surface area contributed by atoms with Gasteiger partial charge in [0.1, 0.15) is 5.75 Å². The zero-order valence-corrected chi connectivity index (χ0v) is 6.78. The molecule has 0 aliphatic carbocycles. The number of hydrogen-bond donors (Lipinski definition) is 3. The van der Waals surface area contributed by atoms with Crippen LogP contribution in [0.4, 0.5) is 13.2 Å². The molecule has 0 fully saturated rings. The van der Waals surface area contributed by atoms with E-state index in [2.05, 4.69) is 0 Å². The number of rotatable bonds is 1. The van der Waals surface area contributed by atoms with Crippen LogP contribution in [0.5, 0.6) is 5.75 Å². The molecule has 0 heterocycles. The maximum Gasteiger partial charge on any atom is 0.488 e. The van der Waals surface area contributed by atoms with Crippen molar-refractivity contribution in [2.75, 3.05) is 0 Å². The van der Waals surface area contributed by atoms with Crippen molar-refractivity contribution in [1.82, 2.24) is 0 Å². The van der Waals surface area contributed by atoms with Crippen LogP contribution in [0.3, 0.4) is 0 Å². The molecule has 1 rings (SSSR count). The molecule has 3 nitrogen and oxygen atoms in total. The summed E-state index contributed by atoms with van der Waals surface area (Å²) in [5.41, 5.74) is -1.61. The van der Waals surface area contributed by atoms with E-state index < -0.39 is 24.6 Å². The molecule has 0 saturated heterocycles. The Hall–Kier alpha value is -1.21. The van der Waals surface area contributed by atoms with Crippen LogP contribution in [0.1, 0.15) is 5.56 Å². The van der Waals surface area contributed by atoms with Gasteiger partial charge in [0.2, 0.25) is 0 Å². The quantitative estimate of drug-likeness (QED) is 0.570. The van der Waals surface area contributed by atoms with Gasteiger partial charge in [-0.1, -0.05) is 6.07 Å². The summed E-state index contributed by atoms with van der Waals surface area (Å²) in [5, 5.41) is 26.1. The Kier molecular flexibility index (Phi) is 2.72. The Morgan fingerprint density at radius 2 is 1.71 bits per heavy atom. The van der Waals surface area contributed by atoms with Crippen molar-refractivity contribution in [3.05, 3.63) is 23.8 Å². The molecule has 0 radical (unpaired) electrons. The van der Waals surface area contributed by atoms with Crippen molar-refractivity contribution >= 4 is 12.6 Å². The molecular formula is C7H6BF3O3. The van der Waals surface area contributed by atoms with Crippen LogP contribution in [-0.4, -0.2) is 22.3 Å². The first-order valence-electron chi connectivity index (χ1n) is 3.58. The maximum absolute atomic E-state index is 12.2. The molecule has 0 aliphatic heterocycles. The summed E-state index contributed by atoms with van der Waals surface area (Å²) in [6.07, 6.45) is -4.71. The zero-order chi connectivity index (χ0) is 10.9. The molecule has 3 N–H and O–H groups in total. The Bertz CT molecular complexity index is 337. The highest BCUT2D eigenvalue weighted by molar-refractivity contribution is 6.58. The third-order valence-electron chi connectivity index (χ3n) is 1.62. The van der Waals surface area contributed by atoms with Crippen molar-refractivity contribution in [3.63, 3.8) is 0 Å². The first-order valence-corrected chi connectivity index (χ1v) is 3.58. The molecule has 1 aromatic rings. The van der Waals surface area contributed by atoms with E-state index in [1.54, 1.807) is 0 Å². The van der Waals surface area contributed by atoms with Crippen molar-refractivity contribution in [1.29, 1.82) is 0 Å². The molecule has 7 heteroatoms. The number of phenols is 1. The topological polar surface area (TPSA) is 60.7 Å². The predicted octanol–water partition coefficient (Wildman–Crippen LogP) is 0.0908. The standard InChI is InChI=1S/C7H6BF3O3/c9-7(10,11)5-3-4(8(13)14)1-2-6(5)12/h1-3,12-14H. The van der Waals surface area contributed by atoms with Crippen LogP contribution in [0, 0.1) is 0 Å². The van der Waals surface area contributed by atoms with Crippen LogP contribution < -0.4 is 5.46 Å². The van der Waals surface area contributed by atoms with Crippen LogP contribution in [0.25, 0.3) is 0 Å². The molecule has 0 spiro atoms. The number of phenolic OH excluding ortho intramolecular Hbond substituents is 1. The van der Waals surface area contributed by atoms with E-state index >= 15 is 0 Å². The monoisotopic (exact) mass is 206 g/mol. The summed E-state index contributed by atoms with van der Waals surface area (Å²) in [7, 11) is -1.99. The molecule has 0 atom stereocenters. The highest BCUT2D eigenvalue weighted by atomic mass is 19.4. The van der Waals surface area contributed by atoms with Crippen LogP contribution in [0.2, 0.25) is 0 Å². The van der Waals surface area contributed by atoms with Gasteiger partial charge in [-0.15, -0.1) is 0 Å². The van der Waals surface area contributed by atoms with Gasteiger partial charge < -0.3 is 15.2 Å². The van der Waals surface area contributed by atoms with Crippen molar-refractivity contribution < 1.29 is 28.3 Å². The van der Waals surface area contributed by atoms with Crippen LogP contribution >= 0.6 is 0 Å². The molecule has 0 aromatic heterocycles. The molecule has 0 amide bonds. The Labute approximate surface area is 77.6 Å². The summed E-state index contributed by atoms with van der Waals surface area (Å²) in [6.45, 7) is 0. The van der Waals surface area contributed by atoms with Gasteiger partial charge in [0.25, 0.3) is 0 Å². The van der Waals surface area contributed by atoms with Gasteiger partial charge in [-0.25, -0.2) is 0 Å². The second kappa shape index (κ2) is 3.51. The van der Waals surface area contributed by atoms with E-state index in [9.17, 15) is 13.2 Å². The average molecular weight is 206 g/mol. The third-order valence-corrected chi connectivity index (χ3v) is 1.62. The fourth-order valence-corrected chi connectivity index (χ4v) is 0.941. The molecule has 0 bridgehead atoms. The highest BCUT2D eigenvalue weighted by Crippen LogP contribution is 2.34. The normalized spacial score (nSPS) is 11.5. The van der Waals surface area contributed by atoms with Gasteiger partial charge in [0.15, 0.2) is 0 Å². The first-order chi connectivity index (χ1) is 6.32. The first kappa shape index (κ1) is 10.9. The van der Waals surface area contributed by atoms with E-state index in [1.807, 2.05) is 0 Å². The third kappa shape index (κ3) is 2.18. The molecule has 0 aliphatic rings. The van der Waals surface area contributed by atoms with Crippen LogP contribution in [-0.2, 0) is 6.18 Å². The lowest BCUT2D eigenvalue weighted by molar-refractivity contribution is -0.138. The minimum absolute atomic E-state index is 0.324.